The zero-order valence-electron chi connectivity index (χ0n) is 26.2. The molecular formula is C37H41FN6O2. The standard InChI is InChI=1S/C37H41FN6O2/c1-42-16-18-43(19-17-42)35-15-10-31(22-34(35)41-37(46)40-33-13-11-32(38)12-14-33)30-7-3-6-28(21-30)25-44(36(45)29-8-9-29)24-27-5-2-4-26(20-27)23-39/h2-7,10-15,20-22,29H,8-9,16-19,23-25,39H2,1H3,(H2,40,41,46). The minimum atomic E-state index is -0.402. The number of urea groups is 1. The van der Waals surface area contributed by atoms with Crippen molar-refractivity contribution >= 4 is 29.0 Å². The minimum absolute atomic E-state index is 0.109. The fraction of sp³-hybridized carbons (Fsp3) is 0.297. The van der Waals surface area contributed by atoms with E-state index in [0.717, 1.165) is 72.5 Å². The number of carbonyl (C=O) groups excluding carboxylic acids is 2. The molecule has 8 nitrogen and oxygen atoms in total. The number of hydrogen-bond acceptors (Lipinski definition) is 5. The van der Waals surface area contributed by atoms with Crippen LogP contribution in [0.4, 0.5) is 26.2 Å². The number of likely N-dealkylation sites (N-methyl/N-ethyl adjacent to an activating group) is 1. The largest absolute Gasteiger partial charge is 0.367 e. The fourth-order valence-electron chi connectivity index (χ4n) is 5.90. The molecule has 0 spiro atoms. The van der Waals surface area contributed by atoms with Gasteiger partial charge in [-0.05, 0) is 90.2 Å². The molecule has 0 bridgehead atoms. The van der Waals surface area contributed by atoms with Crippen LogP contribution >= 0.6 is 0 Å². The summed E-state index contributed by atoms with van der Waals surface area (Å²) in [7, 11) is 2.11. The van der Waals surface area contributed by atoms with Crippen molar-refractivity contribution in [2.75, 3.05) is 48.8 Å². The topological polar surface area (TPSA) is 93.9 Å². The van der Waals surface area contributed by atoms with Crippen molar-refractivity contribution in [3.8, 4) is 11.1 Å². The number of benzene rings is 4. The smallest absolute Gasteiger partial charge is 0.323 e. The molecule has 0 unspecified atom stereocenters. The van der Waals surface area contributed by atoms with Gasteiger partial charge in [0, 0.05) is 57.4 Å². The molecule has 2 fully saturated rings. The molecule has 2 aliphatic rings. The molecule has 1 aliphatic heterocycles. The van der Waals surface area contributed by atoms with Gasteiger partial charge in [0.1, 0.15) is 5.82 Å². The van der Waals surface area contributed by atoms with Gasteiger partial charge in [0.25, 0.3) is 0 Å². The number of halogens is 1. The lowest BCUT2D eigenvalue weighted by Gasteiger charge is -2.35. The molecule has 4 N–H and O–H groups in total. The molecule has 3 amide bonds. The Morgan fingerprint density at radius 3 is 2.15 bits per heavy atom. The lowest BCUT2D eigenvalue weighted by molar-refractivity contribution is -0.133. The van der Waals surface area contributed by atoms with E-state index in [-0.39, 0.29) is 17.6 Å². The molecule has 0 radical (unpaired) electrons. The van der Waals surface area contributed by atoms with Crippen LogP contribution in [-0.2, 0) is 24.4 Å². The van der Waals surface area contributed by atoms with Gasteiger partial charge in [-0.1, -0.05) is 48.5 Å². The fourth-order valence-corrected chi connectivity index (χ4v) is 5.90. The maximum absolute atomic E-state index is 13.4. The van der Waals surface area contributed by atoms with Gasteiger partial charge in [-0.2, -0.15) is 0 Å². The summed E-state index contributed by atoms with van der Waals surface area (Å²) in [5, 5.41) is 5.86. The van der Waals surface area contributed by atoms with Gasteiger partial charge in [0.2, 0.25) is 5.91 Å². The van der Waals surface area contributed by atoms with E-state index in [2.05, 4.69) is 63.9 Å². The lowest BCUT2D eigenvalue weighted by Crippen LogP contribution is -2.44. The summed E-state index contributed by atoms with van der Waals surface area (Å²) in [5.41, 5.74) is 13.1. The van der Waals surface area contributed by atoms with E-state index in [1.807, 2.05) is 35.2 Å². The number of carbonyl (C=O) groups is 2. The first-order valence-corrected chi connectivity index (χ1v) is 15.9. The molecule has 238 valence electrons. The van der Waals surface area contributed by atoms with E-state index in [1.54, 1.807) is 0 Å². The average molecular weight is 621 g/mol. The maximum atomic E-state index is 13.4. The first-order chi connectivity index (χ1) is 22.3. The zero-order valence-corrected chi connectivity index (χ0v) is 26.2. The van der Waals surface area contributed by atoms with E-state index in [1.165, 1.54) is 24.3 Å². The maximum Gasteiger partial charge on any atom is 0.323 e. The Balaban J connectivity index is 1.25. The van der Waals surface area contributed by atoms with Gasteiger partial charge in [0.05, 0.1) is 11.4 Å². The van der Waals surface area contributed by atoms with Crippen LogP contribution in [0.3, 0.4) is 0 Å². The number of rotatable bonds is 10. The molecule has 1 saturated carbocycles. The third kappa shape index (κ3) is 7.91. The number of amides is 3. The Bertz CT molecular complexity index is 1680. The second kappa shape index (κ2) is 14.1. The highest BCUT2D eigenvalue weighted by molar-refractivity contribution is 6.02. The van der Waals surface area contributed by atoms with Crippen LogP contribution in [0.15, 0.2) is 91.0 Å². The molecule has 1 heterocycles. The second-order valence-corrected chi connectivity index (χ2v) is 12.3. The monoisotopic (exact) mass is 620 g/mol. The SMILES string of the molecule is CN1CCN(c2ccc(-c3cccc(CN(Cc4cccc(CN)c4)C(=O)C4CC4)c3)cc2NC(=O)Nc2ccc(F)cc2)CC1. The summed E-state index contributed by atoms with van der Waals surface area (Å²) >= 11 is 0. The molecular weight excluding hydrogens is 579 g/mol. The number of hydrogen-bond donors (Lipinski definition) is 3. The third-order valence-corrected chi connectivity index (χ3v) is 8.66. The Hall–Kier alpha value is -4.73. The lowest BCUT2D eigenvalue weighted by atomic mass is 10.0. The third-order valence-electron chi connectivity index (χ3n) is 8.66. The van der Waals surface area contributed by atoms with Crippen molar-refractivity contribution < 1.29 is 14.0 Å². The van der Waals surface area contributed by atoms with Gasteiger partial charge < -0.3 is 31.1 Å². The van der Waals surface area contributed by atoms with E-state index >= 15 is 0 Å². The molecule has 46 heavy (non-hydrogen) atoms. The Labute approximate surface area is 270 Å². The molecule has 1 saturated heterocycles. The van der Waals surface area contributed by atoms with Crippen LogP contribution in [0.1, 0.15) is 29.5 Å². The van der Waals surface area contributed by atoms with Crippen molar-refractivity contribution in [1.29, 1.82) is 0 Å². The van der Waals surface area contributed by atoms with Crippen LogP contribution in [0.25, 0.3) is 11.1 Å². The first-order valence-electron chi connectivity index (χ1n) is 15.9. The summed E-state index contributed by atoms with van der Waals surface area (Å²) < 4.78 is 13.4. The predicted molar refractivity (Wildman–Crippen MR) is 182 cm³/mol. The number of nitrogens with zero attached hydrogens (tertiary/aromatic N) is 3. The predicted octanol–water partition coefficient (Wildman–Crippen LogP) is 6.29. The summed E-state index contributed by atoms with van der Waals surface area (Å²) in [4.78, 5) is 33.0. The number of anilines is 3. The van der Waals surface area contributed by atoms with E-state index in [9.17, 15) is 14.0 Å². The highest BCUT2D eigenvalue weighted by atomic mass is 19.1. The average Bonchev–Trinajstić information content (AvgIpc) is 3.92. The highest BCUT2D eigenvalue weighted by Gasteiger charge is 2.33. The highest BCUT2D eigenvalue weighted by Crippen LogP contribution is 2.34. The molecule has 0 atom stereocenters. The Kier molecular flexibility index (Phi) is 9.61. The minimum Gasteiger partial charge on any atom is -0.367 e. The van der Waals surface area contributed by atoms with E-state index < -0.39 is 6.03 Å². The number of nitrogens with one attached hydrogen (secondary N) is 2. The van der Waals surface area contributed by atoms with Gasteiger partial charge in [-0.3, -0.25) is 4.79 Å². The summed E-state index contributed by atoms with van der Waals surface area (Å²) in [6, 6.07) is 27.8. The van der Waals surface area contributed by atoms with Crippen LogP contribution < -0.4 is 21.3 Å². The van der Waals surface area contributed by atoms with Gasteiger partial charge in [-0.25, -0.2) is 9.18 Å². The summed E-state index contributed by atoms with van der Waals surface area (Å²) in [6.45, 7) is 5.04. The van der Waals surface area contributed by atoms with Crippen molar-refractivity contribution in [2.45, 2.75) is 32.5 Å². The van der Waals surface area contributed by atoms with Crippen molar-refractivity contribution in [2.24, 2.45) is 11.7 Å². The van der Waals surface area contributed by atoms with Crippen molar-refractivity contribution in [3.63, 3.8) is 0 Å². The van der Waals surface area contributed by atoms with E-state index in [4.69, 9.17) is 5.73 Å². The molecule has 1 aliphatic carbocycles. The van der Waals surface area contributed by atoms with Crippen LogP contribution in [-0.4, -0.2) is 55.0 Å². The molecule has 0 aromatic heterocycles. The zero-order chi connectivity index (χ0) is 32.0. The van der Waals surface area contributed by atoms with Crippen molar-refractivity contribution in [1.82, 2.24) is 9.80 Å². The van der Waals surface area contributed by atoms with E-state index in [0.29, 0.717) is 31.0 Å². The molecule has 4 aromatic rings. The number of piperazine rings is 1. The van der Waals surface area contributed by atoms with Gasteiger partial charge in [-0.15, -0.1) is 0 Å². The quantitative estimate of drug-likeness (QED) is 0.194. The van der Waals surface area contributed by atoms with Gasteiger partial charge in [0.15, 0.2) is 0 Å². The molecule has 4 aromatic carbocycles. The molecule has 6 rings (SSSR count). The first kappa shape index (κ1) is 31.3. The van der Waals surface area contributed by atoms with Crippen LogP contribution in [0.2, 0.25) is 0 Å². The number of nitrogens with two attached hydrogens (primary N) is 1. The van der Waals surface area contributed by atoms with Crippen molar-refractivity contribution in [3.05, 3.63) is 114 Å². The van der Waals surface area contributed by atoms with Crippen LogP contribution in [0.5, 0.6) is 0 Å². The summed E-state index contributed by atoms with van der Waals surface area (Å²) in [5.74, 6) is -0.0597. The second-order valence-electron chi connectivity index (χ2n) is 12.3. The Morgan fingerprint density at radius 2 is 1.46 bits per heavy atom. The summed E-state index contributed by atoms with van der Waals surface area (Å²) in [6.07, 6.45) is 1.89. The Morgan fingerprint density at radius 1 is 0.804 bits per heavy atom. The van der Waals surface area contributed by atoms with Crippen LogP contribution in [0, 0.1) is 11.7 Å². The van der Waals surface area contributed by atoms with Gasteiger partial charge >= 0.3 is 6.03 Å². The molecule has 9 heteroatoms. The normalized spacial score (nSPS) is 15.0.